The van der Waals surface area contributed by atoms with E-state index < -0.39 is 12.1 Å². The van der Waals surface area contributed by atoms with Crippen molar-refractivity contribution in [2.24, 2.45) is 0 Å². The summed E-state index contributed by atoms with van der Waals surface area (Å²) in [7, 11) is 0. The molecule has 0 aliphatic rings. The van der Waals surface area contributed by atoms with Crippen molar-refractivity contribution in [3.63, 3.8) is 0 Å². The number of aromatic nitrogens is 3. The lowest BCUT2D eigenvalue weighted by Crippen LogP contribution is -2.28. The number of hydrogen-bond donors (Lipinski definition) is 1. The van der Waals surface area contributed by atoms with Crippen LogP contribution in [-0.2, 0) is 22.5 Å². The summed E-state index contributed by atoms with van der Waals surface area (Å²) in [5.74, 6) is -0.809. The van der Waals surface area contributed by atoms with E-state index in [-0.39, 0.29) is 24.2 Å². The number of ketones is 1. The van der Waals surface area contributed by atoms with Crippen molar-refractivity contribution in [2.45, 2.75) is 52.2 Å². The molecule has 0 bridgehead atoms. The summed E-state index contributed by atoms with van der Waals surface area (Å²) >= 11 is 0. The number of Topliss-reactive ketones (excluding diaryl/α,β-unsaturated/α-hetero) is 1. The molecule has 7 heteroatoms. The second kappa shape index (κ2) is 9.81. The molecule has 4 rings (SSSR count). The zero-order valence-electron chi connectivity index (χ0n) is 18.8. The van der Waals surface area contributed by atoms with E-state index in [9.17, 15) is 14.4 Å². The first kappa shape index (κ1) is 22.5. The van der Waals surface area contributed by atoms with Crippen molar-refractivity contribution in [1.82, 2.24) is 14.5 Å². The smallest absolute Gasteiger partial charge is 0.306 e. The number of carbonyl (C=O) groups excluding carboxylic acids is 2. The van der Waals surface area contributed by atoms with Gasteiger partial charge in [0.25, 0.3) is 5.56 Å². The number of esters is 1. The Morgan fingerprint density at radius 3 is 2.70 bits per heavy atom. The molecule has 7 nitrogen and oxygen atoms in total. The highest BCUT2D eigenvalue weighted by atomic mass is 16.5. The molecular weight excluding hydrogens is 418 g/mol. The molecule has 0 unspecified atom stereocenters. The van der Waals surface area contributed by atoms with E-state index in [0.717, 1.165) is 34.8 Å². The predicted molar refractivity (Wildman–Crippen MR) is 127 cm³/mol. The minimum Gasteiger partial charge on any atom is -0.454 e. The van der Waals surface area contributed by atoms with Gasteiger partial charge in [0.2, 0.25) is 5.78 Å². The largest absolute Gasteiger partial charge is 0.454 e. The number of aromatic amines is 1. The van der Waals surface area contributed by atoms with Crippen molar-refractivity contribution in [1.29, 1.82) is 0 Å². The second-order valence-corrected chi connectivity index (χ2v) is 8.10. The predicted octanol–water partition coefficient (Wildman–Crippen LogP) is 4.43. The molecular formula is C26H27N3O4. The van der Waals surface area contributed by atoms with E-state index in [1.165, 1.54) is 0 Å². The fraction of sp³-hybridized carbons (Fsp3) is 0.308. The third-order valence-electron chi connectivity index (χ3n) is 5.75. The minimum absolute atomic E-state index is 0.0279. The zero-order chi connectivity index (χ0) is 23.4. The molecule has 0 radical (unpaired) electrons. The van der Waals surface area contributed by atoms with Crippen molar-refractivity contribution in [3.05, 3.63) is 76.3 Å². The molecule has 0 aliphatic carbocycles. The van der Waals surface area contributed by atoms with Crippen molar-refractivity contribution in [2.75, 3.05) is 0 Å². The second-order valence-electron chi connectivity index (χ2n) is 8.10. The Kier molecular flexibility index (Phi) is 6.68. The van der Waals surface area contributed by atoms with Gasteiger partial charge in [-0.3, -0.25) is 14.4 Å². The van der Waals surface area contributed by atoms with Crippen LogP contribution in [0.15, 0.2) is 59.5 Å². The monoisotopic (exact) mass is 445 g/mol. The Bertz CT molecular complexity index is 1370. The number of carbonyl (C=O) groups is 2. The van der Waals surface area contributed by atoms with Gasteiger partial charge in [0.1, 0.15) is 5.69 Å². The van der Waals surface area contributed by atoms with Crippen molar-refractivity contribution < 1.29 is 14.3 Å². The van der Waals surface area contributed by atoms with Crippen LogP contribution in [0.3, 0.4) is 0 Å². The van der Waals surface area contributed by atoms with E-state index in [4.69, 9.17) is 4.74 Å². The van der Waals surface area contributed by atoms with E-state index in [0.29, 0.717) is 17.8 Å². The van der Waals surface area contributed by atoms with Gasteiger partial charge in [-0.05, 0) is 31.5 Å². The molecule has 0 fully saturated rings. The van der Waals surface area contributed by atoms with Crippen LogP contribution in [0.2, 0.25) is 0 Å². The van der Waals surface area contributed by atoms with Crippen LogP contribution in [0.4, 0.5) is 0 Å². The lowest BCUT2D eigenvalue weighted by Gasteiger charge is -2.13. The molecule has 0 aliphatic heterocycles. The topological polar surface area (TPSA) is 94.0 Å². The zero-order valence-corrected chi connectivity index (χ0v) is 18.8. The van der Waals surface area contributed by atoms with Crippen molar-refractivity contribution >= 4 is 33.7 Å². The number of para-hydroxylation sites is 3. The van der Waals surface area contributed by atoms with E-state index in [2.05, 4.69) is 16.9 Å². The molecule has 33 heavy (non-hydrogen) atoms. The highest BCUT2D eigenvalue weighted by molar-refractivity contribution is 6.10. The third-order valence-corrected chi connectivity index (χ3v) is 5.75. The van der Waals surface area contributed by atoms with Crippen LogP contribution in [0.25, 0.3) is 21.9 Å². The minimum atomic E-state index is -0.928. The summed E-state index contributed by atoms with van der Waals surface area (Å²) < 4.78 is 7.12. The maximum atomic E-state index is 13.0. The summed E-state index contributed by atoms with van der Waals surface area (Å²) in [6, 6.07) is 15.0. The highest BCUT2D eigenvalue weighted by Gasteiger charge is 2.22. The summed E-state index contributed by atoms with van der Waals surface area (Å²) in [6.45, 7) is 4.24. The first-order chi connectivity index (χ1) is 16.0. The number of nitrogens with zero attached hydrogens (tertiary/aromatic N) is 2. The molecule has 0 spiro atoms. The van der Waals surface area contributed by atoms with Gasteiger partial charge in [-0.2, -0.15) is 0 Å². The number of H-pyrrole nitrogens is 1. The van der Waals surface area contributed by atoms with Crippen LogP contribution in [-0.4, -0.2) is 32.4 Å². The molecule has 0 amide bonds. The average molecular weight is 446 g/mol. The molecule has 1 N–H and O–H groups in total. The number of unbranched alkanes of at least 4 members (excludes halogenated alkanes) is 1. The number of benzene rings is 2. The number of aryl methyl sites for hydroxylation is 2. The van der Waals surface area contributed by atoms with Gasteiger partial charge in [0, 0.05) is 35.6 Å². The van der Waals surface area contributed by atoms with E-state index in [1.807, 2.05) is 48.5 Å². The Hall–Kier alpha value is -3.74. The fourth-order valence-electron chi connectivity index (χ4n) is 3.97. The van der Waals surface area contributed by atoms with Gasteiger partial charge < -0.3 is 14.3 Å². The summed E-state index contributed by atoms with van der Waals surface area (Å²) in [6.07, 6.45) is 2.68. The molecule has 0 saturated carbocycles. The first-order valence-corrected chi connectivity index (χ1v) is 11.3. The Morgan fingerprint density at radius 1 is 1.12 bits per heavy atom. The van der Waals surface area contributed by atoms with E-state index >= 15 is 0 Å². The Labute approximate surface area is 191 Å². The third kappa shape index (κ3) is 4.72. The van der Waals surface area contributed by atoms with Gasteiger partial charge in [-0.25, -0.2) is 4.98 Å². The standard InChI is InChI=1S/C26H27N3O4/c1-3-4-15-29-23-12-8-7-11-21(23)28-22(26(29)32)13-14-24(30)33-17(2)25(31)19-16-27-20-10-6-5-9-18(19)20/h5-12,16-17,27H,3-4,13-15H2,1-2H3/t17-/m0/s1. The van der Waals surface area contributed by atoms with Gasteiger partial charge >= 0.3 is 5.97 Å². The average Bonchev–Trinajstić information content (AvgIpc) is 3.26. The molecule has 4 aromatic rings. The number of ether oxygens (including phenoxy) is 1. The molecule has 2 aromatic carbocycles. The summed E-state index contributed by atoms with van der Waals surface area (Å²) in [4.78, 5) is 45.8. The van der Waals surface area contributed by atoms with Crippen LogP contribution >= 0.6 is 0 Å². The van der Waals surface area contributed by atoms with Gasteiger partial charge in [0.05, 0.1) is 17.5 Å². The lowest BCUT2D eigenvalue weighted by molar-refractivity contribution is -0.146. The molecule has 170 valence electrons. The number of nitrogens with one attached hydrogen (secondary N) is 1. The van der Waals surface area contributed by atoms with Gasteiger partial charge in [0.15, 0.2) is 6.10 Å². The molecule has 2 aromatic heterocycles. The van der Waals surface area contributed by atoms with Crippen LogP contribution in [0.5, 0.6) is 0 Å². The van der Waals surface area contributed by atoms with Crippen molar-refractivity contribution in [3.8, 4) is 0 Å². The van der Waals surface area contributed by atoms with E-state index in [1.54, 1.807) is 17.7 Å². The fourth-order valence-corrected chi connectivity index (χ4v) is 3.97. The normalized spacial score (nSPS) is 12.2. The van der Waals surface area contributed by atoms with Gasteiger partial charge in [-0.1, -0.05) is 43.7 Å². The van der Waals surface area contributed by atoms with Crippen LogP contribution in [0, 0.1) is 0 Å². The number of rotatable bonds is 9. The highest BCUT2D eigenvalue weighted by Crippen LogP contribution is 2.20. The quantitative estimate of drug-likeness (QED) is 0.304. The first-order valence-electron chi connectivity index (χ1n) is 11.3. The molecule has 1 atom stereocenters. The molecule has 0 saturated heterocycles. The Morgan fingerprint density at radius 2 is 1.88 bits per heavy atom. The summed E-state index contributed by atoms with van der Waals surface area (Å²) in [5.41, 5.74) is 3.00. The number of hydrogen-bond acceptors (Lipinski definition) is 5. The maximum Gasteiger partial charge on any atom is 0.306 e. The SMILES string of the molecule is CCCCn1c(=O)c(CCC(=O)O[C@@H](C)C(=O)c2c[nH]c3ccccc23)nc2ccccc21. The maximum absolute atomic E-state index is 13.0. The van der Waals surface area contributed by atoms with Crippen LogP contribution in [0.1, 0.15) is 49.2 Å². The van der Waals surface area contributed by atoms with Gasteiger partial charge in [-0.15, -0.1) is 0 Å². The van der Waals surface area contributed by atoms with Crippen LogP contribution < -0.4 is 5.56 Å². The Balaban J connectivity index is 1.46. The molecule has 2 heterocycles. The lowest BCUT2D eigenvalue weighted by atomic mass is 10.1. The number of fused-ring (bicyclic) bond motifs is 2. The summed E-state index contributed by atoms with van der Waals surface area (Å²) in [5, 5.41) is 0.790.